The second-order valence-corrected chi connectivity index (χ2v) is 7.58. The number of ether oxygens (including phenoxy) is 1. The molecule has 0 bridgehead atoms. The van der Waals surface area contributed by atoms with Gasteiger partial charge in [0.1, 0.15) is 17.7 Å². The Balaban J connectivity index is 1.74. The molecule has 0 aliphatic carbocycles. The number of fused-ring (bicyclic) bond motifs is 2. The fourth-order valence-electron chi connectivity index (χ4n) is 3.49. The van der Waals surface area contributed by atoms with Gasteiger partial charge < -0.3 is 14.9 Å². The minimum atomic E-state index is -0.840. The number of thiazole rings is 1. The average molecular weight is 384 g/mol. The van der Waals surface area contributed by atoms with Crippen molar-refractivity contribution in [1.29, 1.82) is 0 Å². The van der Waals surface area contributed by atoms with E-state index in [4.69, 9.17) is 4.74 Å². The molecule has 0 saturated carbocycles. The fourth-order valence-corrected chi connectivity index (χ4v) is 4.45. The summed E-state index contributed by atoms with van der Waals surface area (Å²) in [6.45, 7) is 3.10. The molecule has 1 aliphatic rings. The number of rotatable bonds is 4. The molecular weight excluding hydrogens is 364 g/mol. The van der Waals surface area contributed by atoms with E-state index >= 15 is 0 Å². The maximum Gasteiger partial charge on any atom is 0.320 e. The molecule has 3 aromatic rings. The Morgan fingerprint density at radius 1 is 1.37 bits per heavy atom. The van der Waals surface area contributed by atoms with Gasteiger partial charge in [0, 0.05) is 24.2 Å². The summed E-state index contributed by atoms with van der Waals surface area (Å²) in [7, 11) is 0. The molecule has 2 heterocycles. The number of para-hydroxylation sites is 1. The summed E-state index contributed by atoms with van der Waals surface area (Å²) in [6, 6.07) is 10.9. The highest BCUT2D eigenvalue weighted by Gasteiger charge is 2.28. The summed E-state index contributed by atoms with van der Waals surface area (Å²) in [5.41, 5.74) is 2.50. The Labute approximate surface area is 160 Å². The molecule has 1 atom stereocenters. The molecule has 27 heavy (non-hydrogen) atoms. The van der Waals surface area contributed by atoms with Gasteiger partial charge in [-0.2, -0.15) is 0 Å². The first-order chi connectivity index (χ1) is 13.1. The summed E-state index contributed by atoms with van der Waals surface area (Å²) in [4.78, 5) is 18.1. The van der Waals surface area contributed by atoms with Crippen LogP contribution in [0.2, 0.25) is 0 Å². The van der Waals surface area contributed by atoms with Crippen LogP contribution in [0, 0.1) is 0 Å². The monoisotopic (exact) mass is 384 g/mol. The molecule has 7 heteroatoms. The lowest BCUT2D eigenvalue weighted by Gasteiger charge is -2.25. The first-order valence-corrected chi connectivity index (χ1v) is 9.70. The fraction of sp³-hybridized carbons (Fsp3) is 0.300. The van der Waals surface area contributed by atoms with Gasteiger partial charge in [0.05, 0.1) is 10.2 Å². The van der Waals surface area contributed by atoms with Crippen LogP contribution >= 0.6 is 11.3 Å². The number of carboxylic acid groups (broad SMARTS) is 1. The van der Waals surface area contributed by atoms with E-state index in [2.05, 4.69) is 4.98 Å². The zero-order valence-corrected chi connectivity index (χ0v) is 15.7. The van der Waals surface area contributed by atoms with Gasteiger partial charge in [0.25, 0.3) is 0 Å². The Bertz CT molecular complexity index is 968. The number of benzene rings is 2. The predicted molar refractivity (Wildman–Crippen MR) is 104 cm³/mol. The third kappa shape index (κ3) is 3.36. The Morgan fingerprint density at radius 2 is 2.19 bits per heavy atom. The Morgan fingerprint density at radius 3 is 2.93 bits per heavy atom. The van der Waals surface area contributed by atoms with Gasteiger partial charge >= 0.3 is 5.97 Å². The quantitative estimate of drug-likeness (QED) is 0.713. The minimum Gasteiger partial charge on any atom is -0.504 e. The van der Waals surface area contributed by atoms with Crippen LogP contribution in [0.5, 0.6) is 11.5 Å². The van der Waals surface area contributed by atoms with E-state index in [0.717, 1.165) is 26.4 Å². The number of phenolic OH excluding ortho intramolecular Hbond substituents is 1. The van der Waals surface area contributed by atoms with Crippen molar-refractivity contribution in [3.8, 4) is 22.1 Å². The lowest BCUT2D eigenvalue weighted by Crippen LogP contribution is -2.41. The van der Waals surface area contributed by atoms with Crippen LogP contribution in [0.4, 0.5) is 0 Å². The molecule has 1 aromatic heterocycles. The third-order valence-corrected chi connectivity index (χ3v) is 5.88. The summed E-state index contributed by atoms with van der Waals surface area (Å²) < 4.78 is 6.81. The van der Waals surface area contributed by atoms with Crippen molar-refractivity contribution in [3.05, 3.63) is 42.0 Å². The number of aromatic nitrogens is 1. The van der Waals surface area contributed by atoms with E-state index < -0.39 is 12.0 Å². The molecule has 2 N–H and O–H groups in total. The summed E-state index contributed by atoms with van der Waals surface area (Å²) in [5.74, 6) is -0.345. The van der Waals surface area contributed by atoms with Gasteiger partial charge in [-0.3, -0.25) is 9.69 Å². The molecule has 0 amide bonds. The van der Waals surface area contributed by atoms with Gasteiger partial charge in [-0.15, -0.1) is 11.3 Å². The van der Waals surface area contributed by atoms with Crippen LogP contribution in [-0.2, 0) is 11.3 Å². The van der Waals surface area contributed by atoms with E-state index in [-0.39, 0.29) is 5.75 Å². The zero-order chi connectivity index (χ0) is 19.0. The smallest absolute Gasteiger partial charge is 0.320 e. The van der Waals surface area contributed by atoms with Crippen LogP contribution in [-0.4, -0.2) is 45.3 Å². The molecule has 140 valence electrons. The third-order valence-electron chi connectivity index (χ3n) is 4.80. The number of hydrogen-bond donors (Lipinski definition) is 2. The number of hydrogen-bond acceptors (Lipinski definition) is 6. The molecule has 1 aliphatic heterocycles. The van der Waals surface area contributed by atoms with E-state index in [1.807, 2.05) is 42.2 Å². The number of aromatic hydroxyl groups is 1. The van der Waals surface area contributed by atoms with Crippen LogP contribution in [0.15, 0.2) is 36.4 Å². The second kappa shape index (κ2) is 7.17. The van der Waals surface area contributed by atoms with Crippen molar-refractivity contribution < 1.29 is 19.7 Å². The van der Waals surface area contributed by atoms with Crippen molar-refractivity contribution in [1.82, 2.24) is 9.88 Å². The first kappa shape index (κ1) is 17.8. The van der Waals surface area contributed by atoms with Crippen molar-refractivity contribution in [3.63, 3.8) is 0 Å². The Hall–Kier alpha value is -2.64. The van der Waals surface area contributed by atoms with Crippen molar-refractivity contribution in [2.45, 2.75) is 25.9 Å². The molecular formula is C20H20N2O4S. The van der Waals surface area contributed by atoms with Crippen LogP contribution in [0.25, 0.3) is 20.8 Å². The molecule has 4 rings (SSSR count). The van der Waals surface area contributed by atoms with Gasteiger partial charge in [-0.1, -0.05) is 19.1 Å². The molecule has 0 fully saturated rings. The molecule has 2 aromatic carbocycles. The lowest BCUT2D eigenvalue weighted by molar-refractivity contribution is -0.143. The molecule has 0 radical (unpaired) electrons. The first-order valence-electron chi connectivity index (χ1n) is 8.88. The second-order valence-electron chi connectivity index (χ2n) is 6.55. The standard InChI is InChI=1S/C20H20N2O4S/c1-2-15(20(24)25)22-7-8-26-18-13(11-22)9-12(10-16(18)23)19-21-14-5-3-4-6-17(14)27-19/h3-6,9-10,15,23H,2,7-8,11H2,1H3,(H,24,25)/t15-/m0/s1. The van der Waals surface area contributed by atoms with Crippen LogP contribution in [0.1, 0.15) is 18.9 Å². The zero-order valence-electron chi connectivity index (χ0n) is 14.9. The number of carbonyl (C=O) groups is 1. The molecule has 0 unspecified atom stereocenters. The molecule has 6 nitrogen and oxygen atoms in total. The summed E-state index contributed by atoms with van der Waals surface area (Å²) in [6.07, 6.45) is 0.508. The van der Waals surface area contributed by atoms with Gasteiger partial charge in [-0.25, -0.2) is 4.98 Å². The highest BCUT2D eigenvalue weighted by atomic mass is 32.1. The maximum absolute atomic E-state index is 11.6. The van der Waals surface area contributed by atoms with Crippen molar-refractivity contribution in [2.24, 2.45) is 0 Å². The van der Waals surface area contributed by atoms with Gasteiger partial charge in [0.2, 0.25) is 0 Å². The number of nitrogens with zero attached hydrogens (tertiary/aromatic N) is 2. The van der Waals surface area contributed by atoms with E-state index in [0.29, 0.717) is 31.9 Å². The SMILES string of the molecule is CC[C@@H](C(=O)O)N1CCOc2c(O)cc(-c3nc4ccccc4s3)cc2C1. The van der Waals surface area contributed by atoms with Crippen LogP contribution in [0.3, 0.4) is 0 Å². The van der Waals surface area contributed by atoms with Gasteiger partial charge in [0.15, 0.2) is 11.5 Å². The maximum atomic E-state index is 11.6. The summed E-state index contributed by atoms with van der Waals surface area (Å²) >= 11 is 1.56. The van der Waals surface area contributed by atoms with E-state index in [1.54, 1.807) is 17.4 Å². The topological polar surface area (TPSA) is 82.9 Å². The number of aliphatic carboxylic acids is 1. The minimum absolute atomic E-state index is 0.0620. The molecule has 0 spiro atoms. The normalized spacial score (nSPS) is 15.7. The van der Waals surface area contributed by atoms with E-state index in [9.17, 15) is 15.0 Å². The van der Waals surface area contributed by atoms with Crippen molar-refractivity contribution in [2.75, 3.05) is 13.2 Å². The van der Waals surface area contributed by atoms with Crippen molar-refractivity contribution >= 4 is 27.5 Å². The van der Waals surface area contributed by atoms with E-state index in [1.165, 1.54) is 0 Å². The molecule has 0 saturated heterocycles. The average Bonchev–Trinajstić information content (AvgIpc) is 2.96. The van der Waals surface area contributed by atoms with Crippen LogP contribution < -0.4 is 4.74 Å². The highest BCUT2D eigenvalue weighted by Crippen LogP contribution is 2.39. The number of carboxylic acids is 1. The van der Waals surface area contributed by atoms with Gasteiger partial charge in [-0.05, 0) is 30.7 Å². The number of phenols is 1. The lowest BCUT2D eigenvalue weighted by atomic mass is 10.1. The predicted octanol–water partition coefficient (Wildman–Crippen LogP) is 3.73. The largest absolute Gasteiger partial charge is 0.504 e. The Kier molecular flexibility index (Phi) is 4.72. The highest BCUT2D eigenvalue weighted by molar-refractivity contribution is 7.21. The summed E-state index contributed by atoms with van der Waals surface area (Å²) in [5, 5.41) is 20.8.